The van der Waals surface area contributed by atoms with Crippen LogP contribution in [0.5, 0.6) is 0 Å². The lowest BCUT2D eigenvalue weighted by Gasteiger charge is -2.29. The van der Waals surface area contributed by atoms with Crippen molar-refractivity contribution in [1.82, 2.24) is 10.2 Å². The maximum Gasteiger partial charge on any atom is 0.255 e. The van der Waals surface area contributed by atoms with Gasteiger partial charge >= 0.3 is 0 Å². The van der Waals surface area contributed by atoms with Gasteiger partial charge in [0.1, 0.15) is 12.6 Å². The lowest BCUT2D eigenvalue weighted by Crippen LogP contribution is -2.52. The fourth-order valence-electron chi connectivity index (χ4n) is 2.91. The number of rotatable bonds is 2. The van der Waals surface area contributed by atoms with Crippen molar-refractivity contribution in [3.8, 4) is 11.8 Å². The first kappa shape index (κ1) is 15.3. The van der Waals surface area contributed by atoms with Crippen LogP contribution in [0.3, 0.4) is 0 Å². The molecule has 2 aliphatic heterocycles. The molecular weight excluding hydrogens is 296 g/mol. The summed E-state index contributed by atoms with van der Waals surface area (Å²) in [6.07, 6.45) is 0.603. The molecule has 1 saturated heterocycles. The van der Waals surface area contributed by atoms with Gasteiger partial charge in [0.2, 0.25) is 11.8 Å². The molecule has 0 aliphatic carbocycles. The largest absolute Gasteiger partial charge is 0.372 e. The second kappa shape index (κ2) is 6.23. The summed E-state index contributed by atoms with van der Waals surface area (Å²) < 4.78 is 4.91. The van der Waals surface area contributed by atoms with Crippen LogP contribution in [0.15, 0.2) is 18.2 Å². The van der Waals surface area contributed by atoms with Crippen molar-refractivity contribution in [1.29, 1.82) is 0 Å². The predicted molar refractivity (Wildman–Crippen MR) is 81.2 cm³/mol. The van der Waals surface area contributed by atoms with Crippen molar-refractivity contribution >= 4 is 17.7 Å². The van der Waals surface area contributed by atoms with Gasteiger partial charge in [0.15, 0.2) is 0 Å². The molecule has 0 bridgehead atoms. The van der Waals surface area contributed by atoms with Gasteiger partial charge in [-0.2, -0.15) is 0 Å². The summed E-state index contributed by atoms with van der Waals surface area (Å²) >= 11 is 0. The molecule has 1 aromatic carbocycles. The minimum absolute atomic E-state index is 0.190. The molecule has 3 amide bonds. The number of hydrogen-bond acceptors (Lipinski definition) is 4. The molecule has 6 heteroatoms. The van der Waals surface area contributed by atoms with E-state index < -0.39 is 11.9 Å². The number of nitrogens with one attached hydrogen (secondary N) is 1. The van der Waals surface area contributed by atoms with Crippen LogP contribution < -0.4 is 5.32 Å². The molecule has 3 rings (SSSR count). The van der Waals surface area contributed by atoms with Crippen molar-refractivity contribution in [3.05, 3.63) is 34.9 Å². The summed E-state index contributed by atoms with van der Waals surface area (Å²) in [5.41, 5.74) is 2.16. The van der Waals surface area contributed by atoms with Crippen LogP contribution in [0, 0.1) is 11.8 Å². The third-order valence-electron chi connectivity index (χ3n) is 4.02. The summed E-state index contributed by atoms with van der Waals surface area (Å²) in [5, 5.41) is 2.29. The molecule has 0 radical (unpaired) electrons. The zero-order chi connectivity index (χ0) is 16.4. The standard InChI is InChI=1S/C17H16N2O4/c1-23-9-3-5-11-4-2-6-12-13(11)10-19(17(12)22)14-7-8-15(20)18-16(14)21/h2,4,6,14H,7-10H2,1H3,(H,18,20,21). The van der Waals surface area contributed by atoms with Crippen LogP contribution >= 0.6 is 0 Å². The molecule has 2 heterocycles. The van der Waals surface area contributed by atoms with Gasteiger partial charge in [-0.3, -0.25) is 19.7 Å². The SMILES string of the molecule is COCC#Cc1cccc2c1CN(C1CCC(=O)NC1=O)C2=O. The highest BCUT2D eigenvalue weighted by atomic mass is 16.5. The third kappa shape index (κ3) is 2.83. The molecule has 1 atom stereocenters. The summed E-state index contributed by atoms with van der Waals surface area (Å²) in [6.45, 7) is 0.646. The highest BCUT2D eigenvalue weighted by molar-refractivity contribution is 6.05. The first-order valence-electron chi connectivity index (χ1n) is 7.36. The van der Waals surface area contributed by atoms with E-state index in [0.717, 1.165) is 11.1 Å². The van der Waals surface area contributed by atoms with E-state index in [1.165, 1.54) is 4.90 Å². The Kier molecular flexibility index (Phi) is 4.13. The smallest absolute Gasteiger partial charge is 0.255 e. The molecule has 23 heavy (non-hydrogen) atoms. The van der Waals surface area contributed by atoms with Crippen molar-refractivity contribution in [2.45, 2.75) is 25.4 Å². The van der Waals surface area contributed by atoms with Gasteiger partial charge in [0.25, 0.3) is 5.91 Å². The predicted octanol–water partition coefficient (Wildman–Crippen LogP) is 0.446. The van der Waals surface area contributed by atoms with Crippen LogP contribution in [-0.2, 0) is 20.9 Å². The molecule has 118 valence electrons. The number of fused-ring (bicyclic) bond motifs is 1. The second-order valence-electron chi connectivity index (χ2n) is 5.47. The van der Waals surface area contributed by atoms with Gasteiger partial charge in [-0.25, -0.2) is 0 Å². The van der Waals surface area contributed by atoms with E-state index in [-0.39, 0.29) is 18.2 Å². The van der Waals surface area contributed by atoms with E-state index in [1.54, 1.807) is 19.2 Å². The Labute approximate surface area is 133 Å². The van der Waals surface area contributed by atoms with Crippen LogP contribution in [-0.4, -0.2) is 42.4 Å². The highest BCUT2D eigenvalue weighted by Crippen LogP contribution is 2.29. The third-order valence-corrected chi connectivity index (χ3v) is 4.02. The lowest BCUT2D eigenvalue weighted by molar-refractivity contribution is -0.136. The second-order valence-corrected chi connectivity index (χ2v) is 5.47. The zero-order valence-electron chi connectivity index (χ0n) is 12.7. The summed E-state index contributed by atoms with van der Waals surface area (Å²) in [4.78, 5) is 37.4. The maximum absolute atomic E-state index is 12.6. The monoisotopic (exact) mass is 312 g/mol. The van der Waals surface area contributed by atoms with Gasteiger partial charge in [0, 0.05) is 31.2 Å². The Hall–Kier alpha value is -2.65. The minimum atomic E-state index is -0.604. The Balaban J connectivity index is 1.87. The number of methoxy groups -OCH3 is 1. The quantitative estimate of drug-likeness (QED) is 0.635. The first-order valence-corrected chi connectivity index (χ1v) is 7.36. The summed E-state index contributed by atoms with van der Waals surface area (Å²) in [6, 6.07) is 4.77. The van der Waals surface area contributed by atoms with Crippen molar-refractivity contribution < 1.29 is 19.1 Å². The number of benzene rings is 1. The van der Waals surface area contributed by atoms with Gasteiger partial charge in [-0.15, -0.1) is 0 Å². The lowest BCUT2D eigenvalue weighted by atomic mass is 10.0. The van der Waals surface area contributed by atoms with E-state index >= 15 is 0 Å². The van der Waals surface area contributed by atoms with Crippen LogP contribution in [0.1, 0.15) is 34.3 Å². The molecule has 0 aromatic heterocycles. The highest BCUT2D eigenvalue weighted by Gasteiger charge is 2.39. The van der Waals surface area contributed by atoms with Gasteiger partial charge in [-0.1, -0.05) is 17.9 Å². The molecule has 1 fully saturated rings. The fraction of sp³-hybridized carbons (Fsp3) is 0.353. The van der Waals surface area contributed by atoms with E-state index in [0.29, 0.717) is 25.1 Å². The van der Waals surface area contributed by atoms with Crippen LogP contribution in [0.2, 0.25) is 0 Å². The number of carbonyl (C=O) groups is 3. The molecule has 1 aromatic rings. The van der Waals surface area contributed by atoms with E-state index in [2.05, 4.69) is 17.2 Å². The van der Waals surface area contributed by atoms with Gasteiger partial charge in [-0.05, 0) is 24.1 Å². The number of ether oxygens (including phenoxy) is 1. The number of nitrogens with zero attached hydrogens (tertiary/aromatic N) is 1. The molecule has 2 aliphatic rings. The van der Waals surface area contributed by atoms with Gasteiger partial charge < -0.3 is 9.64 Å². The van der Waals surface area contributed by atoms with Crippen LogP contribution in [0.4, 0.5) is 0 Å². The molecular formula is C17H16N2O4. The Morgan fingerprint density at radius 1 is 1.35 bits per heavy atom. The van der Waals surface area contributed by atoms with Crippen LogP contribution in [0.25, 0.3) is 0 Å². The number of piperidine rings is 1. The fourth-order valence-corrected chi connectivity index (χ4v) is 2.91. The number of hydrogen-bond donors (Lipinski definition) is 1. The van der Waals surface area contributed by atoms with E-state index in [4.69, 9.17) is 4.74 Å². The maximum atomic E-state index is 12.6. The minimum Gasteiger partial charge on any atom is -0.372 e. The van der Waals surface area contributed by atoms with Crippen molar-refractivity contribution in [2.75, 3.05) is 13.7 Å². The molecule has 1 N–H and O–H groups in total. The molecule has 0 spiro atoms. The van der Waals surface area contributed by atoms with Crippen molar-refractivity contribution in [3.63, 3.8) is 0 Å². The topological polar surface area (TPSA) is 75.7 Å². The average Bonchev–Trinajstić information content (AvgIpc) is 2.86. The molecule has 6 nitrogen and oxygen atoms in total. The summed E-state index contributed by atoms with van der Waals surface area (Å²) in [5.74, 6) is 4.99. The molecule has 1 unspecified atom stereocenters. The number of imide groups is 1. The normalized spacial score (nSPS) is 20.0. The number of carbonyl (C=O) groups excluding carboxylic acids is 3. The van der Waals surface area contributed by atoms with E-state index in [9.17, 15) is 14.4 Å². The Morgan fingerprint density at radius 3 is 2.91 bits per heavy atom. The average molecular weight is 312 g/mol. The molecule has 0 saturated carbocycles. The zero-order valence-corrected chi connectivity index (χ0v) is 12.7. The Bertz CT molecular complexity index is 745. The first-order chi connectivity index (χ1) is 11.1. The van der Waals surface area contributed by atoms with E-state index in [1.807, 2.05) is 6.07 Å². The van der Waals surface area contributed by atoms with Crippen molar-refractivity contribution in [2.24, 2.45) is 0 Å². The summed E-state index contributed by atoms with van der Waals surface area (Å²) in [7, 11) is 1.57. The Morgan fingerprint density at radius 2 is 2.17 bits per heavy atom. The van der Waals surface area contributed by atoms with Gasteiger partial charge in [0.05, 0.1) is 0 Å². The number of amides is 3.